The third-order valence-corrected chi connectivity index (χ3v) is 5.50. The molecule has 0 atom stereocenters. The molecule has 1 aliphatic rings. The Morgan fingerprint density at radius 2 is 2.00 bits per heavy atom. The third kappa shape index (κ3) is 6.85. The number of ether oxygens (including phenoxy) is 4. The molecule has 1 heterocycles. The Morgan fingerprint density at radius 1 is 1.19 bits per heavy atom. The van der Waals surface area contributed by atoms with Crippen molar-refractivity contribution in [3.05, 3.63) is 52.0 Å². The Kier molecular flexibility index (Phi) is 8.99. The molecule has 2 aromatic rings. The van der Waals surface area contributed by atoms with Crippen LogP contribution in [-0.4, -0.2) is 64.0 Å². The predicted molar refractivity (Wildman–Crippen MR) is 122 cm³/mol. The molecule has 0 unspecified atom stereocenters. The van der Waals surface area contributed by atoms with Crippen LogP contribution >= 0.6 is 15.9 Å². The summed E-state index contributed by atoms with van der Waals surface area (Å²) in [5.41, 5.74) is 1.46. The lowest BCUT2D eigenvalue weighted by molar-refractivity contribution is 0.0322. The number of nitrogens with one attached hydrogen (secondary N) is 1. The molecular formula is C23H29BrN2O5. The molecule has 8 heteroatoms. The molecule has 0 aliphatic carbocycles. The van der Waals surface area contributed by atoms with Gasteiger partial charge in [-0.1, -0.05) is 12.1 Å². The number of rotatable bonds is 10. The van der Waals surface area contributed by atoms with Crippen LogP contribution < -0.4 is 19.5 Å². The number of carbonyl (C=O) groups is 1. The summed E-state index contributed by atoms with van der Waals surface area (Å²) in [6.45, 7) is 7.75. The molecule has 31 heavy (non-hydrogen) atoms. The number of carbonyl (C=O) groups excluding carboxylic acids is 1. The van der Waals surface area contributed by atoms with E-state index < -0.39 is 0 Å². The van der Waals surface area contributed by atoms with Gasteiger partial charge in [-0.2, -0.15) is 0 Å². The topological polar surface area (TPSA) is 69.3 Å². The summed E-state index contributed by atoms with van der Waals surface area (Å²) in [7, 11) is 1.55. The molecule has 1 N–H and O–H groups in total. The van der Waals surface area contributed by atoms with Gasteiger partial charge in [-0.05, 0) is 52.7 Å². The highest BCUT2D eigenvalue weighted by molar-refractivity contribution is 9.10. The Balaban J connectivity index is 1.54. The molecule has 0 aromatic heterocycles. The number of halogens is 1. The van der Waals surface area contributed by atoms with E-state index in [9.17, 15) is 4.79 Å². The first-order valence-electron chi connectivity index (χ1n) is 10.4. The molecule has 1 saturated heterocycles. The minimum atomic E-state index is -0.194. The van der Waals surface area contributed by atoms with Gasteiger partial charge in [0.2, 0.25) is 0 Å². The van der Waals surface area contributed by atoms with Crippen LogP contribution in [0.1, 0.15) is 22.8 Å². The van der Waals surface area contributed by atoms with Gasteiger partial charge in [0.05, 0.1) is 31.4 Å². The number of methoxy groups -OCH3 is 1. The van der Waals surface area contributed by atoms with Crippen molar-refractivity contribution in [1.29, 1.82) is 0 Å². The highest BCUT2D eigenvalue weighted by atomic mass is 79.9. The quantitative estimate of drug-likeness (QED) is 0.547. The lowest BCUT2D eigenvalue weighted by Crippen LogP contribution is -2.38. The molecule has 0 radical (unpaired) electrons. The van der Waals surface area contributed by atoms with E-state index in [1.807, 2.05) is 31.2 Å². The fraction of sp³-hybridized carbons (Fsp3) is 0.435. The number of benzene rings is 2. The van der Waals surface area contributed by atoms with Gasteiger partial charge < -0.3 is 24.3 Å². The van der Waals surface area contributed by atoms with Crippen LogP contribution in [0.2, 0.25) is 0 Å². The zero-order valence-electron chi connectivity index (χ0n) is 18.0. The van der Waals surface area contributed by atoms with Crippen LogP contribution in [0.25, 0.3) is 0 Å². The number of morpholine rings is 1. The van der Waals surface area contributed by atoms with E-state index in [-0.39, 0.29) is 5.91 Å². The van der Waals surface area contributed by atoms with E-state index >= 15 is 0 Å². The Morgan fingerprint density at radius 3 is 2.74 bits per heavy atom. The third-order valence-electron chi connectivity index (χ3n) is 4.91. The van der Waals surface area contributed by atoms with Crippen LogP contribution in [0.3, 0.4) is 0 Å². The minimum Gasteiger partial charge on any atom is -0.493 e. The first kappa shape index (κ1) is 23.4. The summed E-state index contributed by atoms with van der Waals surface area (Å²) in [6, 6.07) is 11.2. The van der Waals surface area contributed by atoms with E-state index in [0.717, 1.165) is 44.2 Å². The van der Waals surface area contributed by atoms with Crippen molar-refractivity contribution >= 4 is 21.8 Å². The highest BCUT2D eigenvalue weighted by Crippen LogP contribution is 2.36. The van der Waals surface area contributed by atoms with E-state index in [1.165, 1.54) is 0 Å². The smallest absolute Gasteiger partial charge is 0.251 e. The second kappa shape index (κ2) is 11.9. The molecule has 0 spiro atoms. The fourth-order valence-electron chi connectivity index (χ4n) is 3.28. The van der Waals surface area contributed by atoms with Crippen molar-refractivity contribution in [3.8, 4) is 17.2 Å². The van der Waals surface area contributed by atoms with E-state index in [1.54, 1.807) is 19.2 Å². The molecule has 0 saturated carbocycles. The molecule has 1 fully saturated rings. The lowest BCUT2D eigenvalue weighted by atomic mass is 10.1. The lowest BCUT2D eigenvalue weighted by Gasteiger charge is -2.26. The summed E-state index contributed by atoms with van der Waals surface area (Å²) in [5, 5.41) is 2.95. The van der Waals surface area contributed by atoms with Gasteiger partial charge in [0, 0.05) is 31.7 Å². The monoisotopic (exact) mass is 492 g/mol. The molecule has 2 aromatic carbocycles. The van der Waals surface area contributed by atoms with Crippen LogP contribution in [-0.2, 0) is 11.3 Å². The van der Waals surface area contributed by atoms with E-state index in [0.29, 0.717) is 41.3 Å². The zero-order valence-corrected chi connectivity index (χ0v) is 19.6. The molecule has 1 amide bonds. The summed E-state index contributed by atoms with van der Waals surface area (Å²) in [6.07, 6.45) is 0. The van der Waals surface area contributed by atoms with Crippen molar-refractivity contribution in [2.75, 3.05) is 53.2 Å². The summed E-state index contributed by atoms with van der Waals surface area (Å²) >= 11 is 3.45. The van der Waals surface area contributed by atoms with Crippen LogP contribution in [0, 0.1) is 0 Å². The van der Waals surface area contributed by atoms with E-state index in [2.05, 4.69) is 26.1 Å². The van der Waals surface area contributed by atoms with Crippen molar-refractivity contribution in [2.24, 2.45) is 0 Å². The molecule has 7 nitrogen and oxygen atoms in total. The van der Waals surface area contributed by atoms with Gasteiger partial charge in [-0.15, -0.1) is 0 Å². The average molecular weight is 493 g/mol. The average Bonchev–Trinajstić information content (AvgIpc) is 2.79. The SMILES string of the molecule is CCOc1c(Br)cc(C(=O)NCc2cccc(OCCN3CCOCC3)c2)cc1OC. The van der Waals surface area contributed by atoms with Gasteiger partial charge >= 0.3 is 0 Å². The van der Waals surface area contributed by atoms with Gasteiger partial charge in [-0.25, -0.2) is 0 Å². The summed E-state index contributed by atoms with van der Waals surface area (Å²) in [4.78, 5) is 15.0. The standard InChI is InChI=1S/C23H29BrN2O5/c1-3-30-22-20(24)14-18(15-21(22)28-2)23(27)25-16-17-5-4-6-19(13-17)31-12-9-26-7-10-29-11-8-26/h4-6,13-15H,3,7-12,16H2,1-2H3,(H,25,27). The van der Waals surface area contributed by atoms with Crippen molar-refractivity contribution < 1.29 is 23.7 Å². The van der Waals surface area contributed by atoms with Crippen LogP contribution in [0.15, 0.2) is 40.9 Å². The van der Waals surface area contributed by atoms with Crippen molar-refractivity contribution in [1.82, 2.24) is 10.2 Å². The first-order chi connectivity index (χ1) is 15.1. The maximum atomic E-state index is 12.7. The molecule has 1 aliphatic heterocycles. The second-order valence-electron chi connectivity index (χ2n) is 7.06. The van der Waals surface area contributed by atoms with Gasteiger partial charge in [0.15, 0.2) is 11.5 Å². The van der Waals surface area contributed by atoms with Gasteiger partial charge in [-0.3, -0.25) is 9.69 Å². The summed E-state index contributed by atoms with van der Waals surface area (Å²) < 4.78 is 22.9. The van der Waals surface area contributed by atoms with Crippen molar-refractivity contribution in [3.63, 3.8) is 0 Å². The predicted octanol–water partition coefficient (Wildman–Crippen LogP) is 3.50. The van der Waals surface area contributed by atoms with Crippen LogP contribution in [0.5, 0.6) is 17.2 Å². The number of nitrogens with zero attached hydrogens (tertiary/aromatic N) is 1. The van der Waals surface area contributed by atoms with E-state index in [4.69, 9.17) is 18.9 Å². The molecule has 0 bridgehead atoms. The number of hydrogen-bond donors (Lipinski definition) is 1. The van der Waals surface area contributed by atoms with Crippen LogP contribution in [0.4, 0.5) is 0 Å². The highest BCUT2D eigenvalue weighted by Gasteiger charge is 2.15. The molecule has 168 valence electrons. The second-order valence-corrected chi connectivity index (χ2v) is 7.91. The zero-order chi connectivity index (χ0) is 22.1. The largest absolute Gasteiger partial charge is 0.493 e. The fourth-order valence-corrected chi connectivity index (χ4v) is 3.84. The Bertz CT molecular complexity index is 871. The van der Waals surface area contributed by atoms with Gasteiger partial charge in [0.1, 0.15) is 12.4 Å². The summed E-state index contributed by atoms with van der Waals surface area (Å²) in [5.74, 6) is 1.70. The normalized spacial score (nSPS) is 14.2. The Labute approximate surface area is 191 Å². The Hall–Kier alpha value is -2.29. The maximum absolute atomic E-state index is 12.7. The first-order valence-corrected chi connectivity index (χ1v) is 11.2. The maximum Gasteiger partial charge on any atom is 0.251 e. The van der Waals surface area contributed by atoms with Crippen molar-refractivity contribution in [2.45, 2.75) is 13.5 Å². The van der Waals surface area contributed by atoms with Gasteiger partial charge in [0.25, 0.3) is 5.91 Å². The number of amides is 1. The minimum absolute atomic E-state index is 0.194. The molecule has 3 rings (SSSR count). The number of hydrogen-bond acceptors (Lipinski definition) is 6. The molecular weight excluding hydrogens is 464 g/mol.